The molecular weight excluding hydrogens is 202 g/mol. The zero-order valence-corrected chi connectivity index (χ0v) is 10.9. The van der Waals surface area contributed by atoms with Gasteiger partial charge < -0.3 is 5.32 Å². The molecule has 15 heavy (non-hydrogen) atoms. The van der Waals surface area contributed by atoms with E-state index in [4.69, 9.17) is 0 Å². The van der Waals surface area contributed by atoms with Crippen molar-refractivity contribution in [2.45, 2.75) is 40.2 Å². The molecule has 0 amide bonds. The summed E-state index contributed by atoms with van der Waals surface area (Å²) >= 11 is 1.79. The minimum Gasteiger partial charge on any atom is -0.307 e. The number of hydrogen-bond acceptors (Lipinski definition) is 2. The molecule has 0 aliphatic carbocycles. The third-order valence-corrected chi connectivity index (χ3v) is 3.22. The topological polar surface area (TPSA) is 12.0 Å². The summed E-state index contributed by atoms with van der Waals surface area (Å²) in [6.07, 6.45) is 3.49. The maximum atomic E-state index is 3.57. The Bertz CT molecular complexity index is 321. The fourth-order valence-corrected chi connectivity index (χ4v) is 2.47. The molecule has 1 heterocycles. The average molecular weight is 223 g/mol. The molecule has 1 aromatic heterocycles. The molecule has 0 fully saturated rings. The lowest BCUT2D eigenvalue weighted by Gasteiger charge is -2.15. The largest absolute Gasteiger partial charge is 0.307 e. The fourth-order valence-electron chi connectivity index (χ4n) is 1.58. The number of rotatable bonds is 5. The van der Waals surface area contributed by atoms with Crippen molar-refractivity contribution in [2.75, 3.05) is 6.54 Å². The van der Waals surface area contributed by atoms with Crippen molar-refractivity contribution in [3.63, 3.8) is 0 Å². The van der Waals surface area contributed by atoms with Gasteiger partial charge >= 0.3 is 0 Å². The Kier molecular flexibility index (Phi) is 5.06. The van der Waals surface area contributed by atoms with Crippen LogP contribution in [0, 0.1) is 6.92 Å². The summed E-state index contributed by atoms with van der Waals surface area (Å²) in [7, 11) is 0. The molecule has 0 radical (unpaired) electrons. The zero-order valence-electron chi connectivity index (χ0n) is 10.1. The maximum Gasteiger partial charge on any atom is 0.0519 e. The van der Waals surface area contributed by atoms with E-state index in [2.05, 4.69) is 49.8 Å². The second-order valence-electron chi connectivity index (χ2n) is 4.19. The highest BCUT2D eigenvalue weighted by molar-refractivity contribution is 7.08. The monoisotopic (exact) mass is 223 g/mol. The summed E-state index contributed by atoms with van der Waals surface area (Å²) in [6.45, 7) is 9.77. The molecule has 0 bridgehead atoms. The highest BCUT2D eigenvalue weighted by atomic mass is 32.1. The van der Waals surface area contributed by atoms with E-state index < -0.39 is 0 Å². The van der Waals surface area contributed by atoms with Crippen molar-refractivity contribution in [1.82, 2.24) is 5.32 Å². The molecule has 1 nitrogen and oxygen atoms in total. The van der Waals surface area contributed by atoms with E-state index >= 15 is 0 Å². The van der Waals surface area contributed by atoms with Gasteiger partial charge in [-0.15, -0.1) is 0 Å². The van der Waals surface area contributed by atoms with Crippen molar-refractivity contribution < 1.29 is 0 Å². The van der Waals surface area contributed by atoms with Gasteiger partial charge in [0.1, 0.15) is 0 Å². The van der Waals surface area contributed by atoms with Gasteiger partial charge in [0.2, 0.25) is 0 Å². The number of nitrogens with one attached hydrogen (secondary N) is 1. The van der Waals surface area contributed by atoms with E-state index in [1.165, 1.54) is 23.1 Å². The SMILES string of the molecule is CCCNC(C=C(C)C)c1cscc1C. The number of aryl methyl sites for hydroxylation is 1. The molecule has 0 aliphatic rings. The first-order valence-electron chi connectivity index (χ1n) is 5.56. The Morgan fingerprint density at radius 2 is 2.20 bits per heavy atom. The van der Waals surface area contributed by atoms with Crippen LogP contribution in [-0.4, -0.2) is 6.54 Å². The molecule has 1 unspecified atom stereocenters. The lowest BCUT2D eigenvalue weighted by atomic mass is 10.0. The van der Waals surface area contributed by atoms with Crippen LogP contribution in [-0.2, 0) is 0 Å². The summed E-state index contributed by atoms with van der Waals surface area (Å²) in [5.74, 6) is 0. The molecule has 1 aromatic rings. The smallest absolute Gasteiger partial charge is 0.0519 e. The summed E-state index contributed by atoms with van der Waals surface area (Å²) in [6, 6.07) is 0.390. The number of hydrogen-bond donors (Lipinski definition) is 1. The van der Waals surface area contributed by atoms with Gasteiger partial charge in [0.15, 0.2) is 0 Å². The first-order valence-corrected chi connectivity index (χ1v) is 6.50. The van der Waals surface area contributed by atoms with E-state index in [1.54, 1.807) is 11.3 Å². The van der Waals surface area contributed by atoms with Crippen LogP contribution in [0.15, 0.2) is 22.4 Å². The molecule has 0 aromatic carbocycles. The van der Waals surface area contributed by atoms with Gasteiger partial charge in [0.05, 0.1) is 6.04 Å². The van der Waals surface area contributed by atoms with Gasteiger partial charge in [-0.3, -0.25) is 0 Å². The van der Waals surface area contributed by atoms with Crippen molar-refractivity contribution in [3.8, 4) is 0 Å². The van der Waals surface area contributed by atoms with Gasteiger partial charge in [0, 0.05) is 0 Å². The Balaban J connectivity index is 2.81. The van der Waals surface area contributed by atoms with Crippen LogP contribution >= 0.6 is 11.3 Å². The minimum atomic E-state index is 0.390. The standard InChI is InChI=1S/C13H21NS/c1-5-6-14-13(7-10(2)3)12-9-15-8-11(12)4/h7-9,13-14H,5-6H2,1-4H3. The van der Waals surface area contributed by atoms with Crippen LogP contribution < -0.4 is 5.32 Å². The van der Waals surface area contributed by atoms with E-state index in [0.717, 1.165) is 6.54 Å². The van der Waals surface area contributed by atoms with Crippen LogP contribution in [0.4, 0.5) is 0 Å². The van der Waals surface area contributed by atoms with E-state index in [-0.39, 0.29) is 0 Å². The molecule has 1 N–H and O–H groups in total. The predicted molar refractivity (Wildman–Crippen MR) is 69.5 cm³/mol. The number of thiophene rings is 1. The first-order chi connectivity index (χ1) is 7.15. The summed E-state index contributed by atoms with van der Waals surface area (Å²) in [5.41, 5.74) is 4.19. The Morgan fingerprint density at radius 1 is 1.47 bits per heavy atom. The van der Waals surface area contributed by atoms with Crippen LogP contribution in [0.25, 0.3) is 0 Å². The Hall–Kier alpha value is -0.600. The highest BCUT2D eigenvalue weighted by Crippen LogP contribution is 2.23. The highest BCUT2D eigenvalue weighted by Gasteiger charge is 2.10. The molecule has 0 saturated heterocycles. The van der Waals surface area contributed by atoms with Crippen molar-refractivity contribution in [1.29, 1.82) is 0 Å². The Morgan fingerprint density at radius 3 is 2.67 bits per heavy atom. The Labute approximate surface area is 97.2 Å². The zero-order chi connectivity index (χ0) is 11.3. The van der Waals surface area contributed by atoms with Crippen LogP contribution in [0.3, 0.4) is 0 Å². The van der Waals surface area contributed by atoms with E-state index in [0.29, 0.717) is 6.04 Å². The molecule has 0 aliphatic heterocycles. The third kappa shape index (κ3) is 3.80. The quantitative estimate of drug-likeness (QED) is 0.742. The summed E-state index contributed by atoms with van der Waals surface area (Å²) in [5, 5.41) is 8.04. The molecule has 1 atom stereocenters. The van der Waals surface area contributed by atoms with Gasteiger partial charge in [0.25, 0.3) is 0 Å². The summed E-state index contributed by atoms with van der Waals surface area (Å²) < 4.78 is 0. The van der Waals surface area contributed by atoms with E-state index in [1.807, 2.05) is 0 Å². The van der Waals surface area contributed by atoms with Crippen LogP contribution in [0.2, 0.25) is 0 Å². The molecule has 2 heteroatoms. The average Bonchev–Trinajstić information content (AvgIpc) is 2.58. The first kappa shape index (κ1) is 12.5. The second-order valence-corrected chi connectivity index (χ2v) is 4.93. The third-order valence-electron chi connectivity index (χ3n) is 2.34. The molecule has 1 rings (SSSR count). The van der Waals surface area contributed by atoms with Gasteiger partial charge in [-0.05, 0) is 55.6 Å². The predicted octanol–water partition coefficient (Wildman–Crippen LogP) is 4.06. The van der Waals surface area contributed by atoms with Gasteiger partial charge in [-0.1, -0.05) is 18.6 Å². The lowest BCUT2D eigenvalue weighted by molar-refractivity contribution is 0.609. The van der Waals surface area contributed by atoms with Crippen LogP contribution in [0.5, 0.6) is 0 Å². The van der Waals surface area contributed by atoms with Gasteiger partial charge in [-0.2, -0.15) is 11.3 Å². The normalized spacial score (nSPS) is 12.5. The maximum absolute atomic E-state index is 3.57. The summed E-state index contributed by atoms with van der Waals surface area (Å²) in [4.78, 5) is 0. The fraction of sp³-hybridized carbons (Fsp3) is 0.538. The van der Waals surface area contributed by atoms with Gasteiger partial charge in [-0.25, -0.2) is 0 Å². The second kappa shape index (κ2) is 6.09. The molecule has 0 saturated carbocycles. The van der Waals surface area contributed by atoms with Crippen molar-refractivity contribution in [3.05, 3.63) is 33.5 Å². The van der Waals surface area contributed by atoms with Crippen molar-refractivity contribution in [2.24, 2.45) is 0 Å². The molecule has 84 valence electrons. The molecular formula is C13H21NS. The molecule has 0 spiro atoms. The van der Waals surface area contributed by atoms with Crippen molar-refractivity contribution >= 4 is 11.3 Å². The van der Waals surface area contributed by atoms with Crippen LogP contribution in [0.1, 0.15) is 44.4 Å². The number of allylic oxidation sites excluding steroid dienone is 1. The minimum absolute atomic E-state index is 0.390. The van der Waals surface area contributed by atoms with E-state index in [9.17, 15) is 0 Å². The lowest BCUT2D eigenvalue weighted by Crippen LogP contribution is -2.20.